The SMILES string of the molecule is O=C(Nc1ccc(/C=C/CN2CCOCC2)c2ccccc12)c1cc(F)cc(N2CCOCC2)c1. The third kappa shape index (κ3) is 5.70. The Labute approximate surface area is 204 Å². The Bertz CT molecular complexity index is 1220. The minimum absolute atomic E-state index is 0.296. The molecule has 2 saturated heterocycles. The zero-order chi connectivity index (χ0) is 24.0. The summed E-state index contributed by atoms with van der Waals surface area (Å²) in [6, 6.07) is 16.4. The van der Waals surface area contributed by atoms with Crippen molar-refractivity contribution in [3.63, 3.8) is 0 Å². The zero-order valence-corrected chi connectivity index (χ0v) is 19.7. The minimum atomic E-state index is -0.426. The maximum Gasteiger partial charge on any atom is 0.255 e. The van der Waals surface area contributed by atoms with Crippen molar-refractivity contribution in [3.8, 4) is 0 Å². The lowest BCUT2D eigenvalue weighted by Crippen LogP contribution is -2.36. The summed E-state index contributed by atoms with van der Waals surface area (Å²) in [5.74, 6) is -0.760. The fourth-order valence-electron chi connectivity index (χ4n) is 4.59. The van der Waals surface area contributed by atoms with Gasteiger partial charge in [-0.15, -0.1) is 0 Å². The van der Waals surface area contributed by atoms with Gasteiger partial charge in [0, 0.05) is 55.0 Å². The number of anilines is 2. The molecule has 2 aliphatic heterocycles. The molecule has 0 aromatic heterocycles. The van der Waals surface area contributed by atoms with Gasteiger partial charge in [-0.1, -0.05) is 42.5 Å². The van der Waals surface area contributed by atoms with E-state index in [0.29, 0.717) is 43.2 Å². The quantitative estimate of drug-likeness (QED) is 0.572. The van der Waals surface area contributed by atoms with Crippen molar-refractivity contribution in [2.75, 3.05) is 69.4 Å². The Balaban J connectivity index is 1.35. The van der Waals surface area contributed by atoms with Gasteiger partial charge in [-0.05, 0) is 35.2 Å². The third-order valence-corrected chi connectivity index (χ3v) is 6.49. The molecule has 0 radical (unpaired) electrons. The van der Waals surface area contributed by atoms with Crippen LogP contribution in [0.15, 0.2) is 60.7 Å². The van der Waals surface area contributed by atoms with Crippen LogP contribution in [0.4, 0.5) is 15.8 Å². The van der Waals surface area contributed by atoms with Gasteiger partial charge in [-0.2, -0.15) is 0 Å². The van der Waals surface area contributed by atoms with Crippen molar-refractivity contribution in [2.45, 2.75) is 0 Å². The highest BCUT2D eigenvalue weighted by Gasteiger charge is 2.16. The predicted octanol–water partition coefficient (Wildman–Crippen LogP) is 4.41. The van der Waals surface area contributed by atoms with Crippen molar-refractivity contribution < 1.29 is 18.7 Å². The molecule has 1 N–H and O–H groups in total. The van der Waals surface area contributed by atoms with E-state index in [1.54, 1.807) is 6.07 Å². The molecule has 0 atom stereocenters. The van der Waals surface area contributed by atoms with Gasteiger partial charge >= 0.3 is 0 Å². The number of nitrogens with zero attached hydrogens (tertiary/aromatic N) is 2. The lowest BCUT2D eigenvalue weighted by Gasteiger charge is -2.29. The van der Waals surface area contributed by atoms with Gasteiger partial charge in [0.25, 0.3) is 5.91 Å². The first kappa shape index (κ1) is 23.5. The van der Waals surface area contributed by atoms with E-state index in [2.05, 4.69) is 28.4 Å². The molecule has 0 bridgehead atoms. The third-order valence-electron chi connectivity index (χ3n) is 6.49. The number of benzene rings is 3. The van der Waals surface area contributed by atoms with E-state index in [1.165, 1.54) is 12.1 Å². The number of ether oxygens (including phenoxy) is 2. The molecule has 6 nitrogen and oxygen atoms in total. The number of rotatable bonds is 6. The van der Waals surface area contributed by atoms with Crippen molar-refractivity contribution in [3.05, 3.63) is 77.6 Å². The lowest BCUT2D eigenvalue weighted by atomic mass is 10.0. The van der Waals surface area contributed by atoms with E-state index >= 15 is 0 Å². The maximum absolute atomic E-state index is 14.4. The van der Waals surface area contributed by atoms with Crippen LogP contribution in [0.5, 0.6) is 0 Å². The number of fused-ring (bicyclic) bond motifs is 1. The molecule has 0 spiro atoms. The van der Waals surface area contributed by atoms with Crippen LogP contribution in [-0.2, 0) is 9.47 Å². The van der Waals surface area contributed by atoms with Crippen LogP contribution in [-0.4, -0.2) is 70.0 Å². The Kier molecular flexibility index (Phi) is 7.37. The molecule has 2 fully saturated rings. The van der Waals surface area contributed by atoms with E-state index in [9.17, 15) is 9.18 Å². The molecule has 2 aliphatic rings. The first-order valence-corrected chi connectivity index (χ1v) is 12.1. The van der Waals surface area contributed by atoms with Gasteiger partial charge < -0.3 is 19.7 Å². The molecular formula is C28H30FN3O3. The normalized spacial score (nSPS) is 17.2. The van der Waals surface area contributed by atoms with Gasteiger partial charge in [0.05, 0.1) is 26.4 Å². The molecule has 182 valence electrons. The molecule has 3 aromatic carbocycles. The second kappa shape index (κ2) is 11.0. The molecule has 5 rings (SSSR count). The Morgan fingerprint density at radius 3 is 2.40 bits per heavy atom. The summed E-state index contributed by atoms with van der Waals surface area (Å²) < 4.78 is 25.2. The number of hydrogen-bond donors (Lipinski definition) is 1. The smallest absolute Gasteiger partial charge is 0.255 e. The zero-order valence-electron chi connectivity index (χ0n) is 19.7. The van der Waals surface area contributed by atoms with Gasteiger partial charge in [0.1, 0.15) is 5.82 Å². The highest BCUT2D eigenvalue weighted by molar-refractivity contribution is 6.10. The second-order valence-corrected chi connectivity index (χ2v) is 8.81. The standard InChI is InChI=1S/C28H30FN3O3/c29-23-18-22(19-24(20-23)32-12-16-35-17-13-32)28(33)30-27-8-7-21(25-5-1-2-6-26(25)27)4-3-9-31-10-14-34-15-11-31/h1-8,18-20H,9-17H2,(H,30,33)/b4-3+. The van der Waals surface area contributed by atoms with E-state index in [-0.39, 0.29) is 5.91 Å². The Morgan fingerprint density at radius 1 is 0.914 bits per heavy atom. The molecular weight excluding hydrogens is 445 g/mol. The fourth-order valence-corrected chi connectivity index (χ4v) is 4.59. The molecule has 35 heavy (non-hydrogen) atoms. The summed E-state index contributed by atoms with van der Waals surface area (Å²) in [6.45, 7) is 6.88. The van der Waals surface area contributed by atoms with Crippen LogP contribution in [0.3, 0.4) is 0 Å². The van der Waals surface area contributed by atoms with Gasteiger partial charge in [-0.3, -0.25) is 9.69 Å². The van der Waals surface area contributed by atoms with Crippen LogP contribution in [0.25, 0.3) is 16.8 Å². The van der Waals surface area contributed by atoms with Crippen molar-refractivity contribution in [2.24, 2.45) is 0 Å². The summed E-state index contributed by atoms with van der Waals surface area (Å²) in [5, 5.41) is 4.99. The maximum atomic E-state index is 14.4. The summed E-state index contributed by atoms with van der Waals surface area (Å²) >= 11 is 0. The molecule has 1 amide bonds. The largest absolute Gasteiger partial charge is 0.379 e. The van der Waals surface area contributed by atoms with Gasteiger partial charge in [-0.25, -0.2) is 4.39 Å². The Hall–Kier alpha value is -3.26. The molecule has 3 aromatic rings. The molecule has 0 saturated carbocycles. The Morgan fingerprint density at radius 2 is 1.63 bits per heavy atom. The number of nitrogens with one attached hydrogen (secondary N) is 1. The summed E-state index contributed by atoms with van der Waals surface area (Å²) in [7, 11) is 0. The van der Waals surface area contributed by atoms with E-state index in [1.807, 2.05) is 35.2 Å². The first-order chi connectivity index (χ1) is 17.2. The number of halogens is 1. The average Bonchev–Trinajstić information content (AvgIpc) is 2.90. The van der Waals surface area contributed by atoms with E-state index in [0.717, 1.165) is 49.2 Å². The topological polar surface area (TPSA) is 54.0 Å². The summed E-state index contributed by atoms with van der Waals surface area (Å²) in [6.07, 6.45) is 4.30. The molecule has 2 heterocycles. The molecule has 7 heteroatoms. The summed E-state index contributed by atoms with van der Waals surface area (Å²) in [4.78, 5) is 17.5. The monoisotopic (exact) mass is 475 g/mol. The number of amides is 1. The van der Waals surface area contributed by atoms with Gasteiger partial charge in [0.2, 0.25) is 0 Å². The van der Waals surface area contributed by atoms with Crippen molar-refractivity contribution >= 4 is 34.1 Å². The summed E-state index contributed by atoms with van der Waals surface area (Å²) in [5.41, 5.74) is 2.79. The van der Waals surface area contributed by atoms with Crippen LogP contribution >= 0.6 is 0 Å². The van der Waals surface area contributed by atoms with Gasteiger partial charge in [0.15, 0.2) is 0 Å². The average molecular weight is 476 g/mol. The highest BCUT2D eigenvalue weighted by Crippen LogP contribution is 2.29. The number of carbonyl (C=O) groups excluding carboxylic acids is 1. The second-order valence-electron chi connectivity index (χ2n) is 8.81. The minimum Gasteiger partial charge on any atom is -0.379 e. The molecule has 0 unspecified atom stereocenters. The number of morpholine rings is 2. The van der Waals surface area contributed by atoms with Crippen LogP contribution in [0, 0.1) is 5.82 Å². The lowest BCUT2D eigenvalue weighted by molar-refractivity contribution is 0.0435. The van der Waals surface area contributed by atoms with Crippen LogP contribution in [0.2, 0.25) is 0 Å². The van der Waals surface area contributed by atoms with E-state index < -0.39 is 5.82 Å². The predicted molar refractivity (Wildman–Crippen MR) is 138 cm³/mol. The van der Waals surface area contributed by atoms with Crippen molar-refractivity contribution in [1.29, 1.82) is 0 Å². The van der Waals surface area contributed by atoms with Crippen molar-refractivity contribution in [1.82, 2.24) is 4.90 Å². The van der Waals surface area contributed by atoms with Crippen LogP contribution in [0.1, 0.15) is 15.9 Å². The molecule has 0 aliphatic carbocycles. The van der Waals surface area contributed by atoms with E-state index in [4.69, 9.17) is 9.47 Å². The number of hydrogen-bond acceptors (Lipinski definition) is 5. The highest BCUT2D eigenvalue weighted by atomic mass is 19.1. The number of carbonyl (C=O) groups is 1. The fraction of sp³-hybridized carbons (Fsp3) is 0.321. The van der Waals surface area contributed by atoms with Crippen LogP contribution < -0.4 is 10.2 Å². The first-order valence-electron chi connectivity index (χ1n) is 12.1.